The molecule has 1 aliphatic carbocycles. The van der Waals surface area contributed by atoms with Crippen molar-refractivity contribution in [3.63, 3.8) is 0 Å². The maximum atomic E-state index is 13.1. The van der Waals surface area contributed by atoms with Gasteiger partial charge in [0.25, 0.3) is 11.8 Å². The van der Waals surface area contributed by atoms with Gasteiger partial charge in [-0.25, -0.2) is 0 Å². The van der Waals surface area contributed by atoms with E-state index in [1.54, 1.807) is 42.5 Å². The largest absolute Gasteiger partial charge is 0.482 e. The molecule has 0 atom stereocenters. The third-order valence-corrected chi connectivity index (χ3v) is 7.00. The fourth-order valence-corrected chi connectivity index (χ4v) is 5.41. The van der Waals surface area contributed by atoms with E-state index in [2.05, 4.69) is 10.6 Å². The maximum absolute atomic E-state index is 13.1. The van der Waals surface area contributed by atoms with Gasteiger partial charge in [0, 0.05) is 20.6 Å². The van der Waals surface area contributed by atoms with E-state index in [1.807, 2.05) is 0 Å². The topological polar surface area (TPSA) is 67.4 Å². The summed E-state index contributed by atoms with van der Waals surface area (Å²) in [5.74, 6) is -0.281. The average molecular weight is 510 g/mol. The van der Waals surface area contributed by atoms with Gasteiger partial charge in [-0.2, -0.15) is 0 Å². The fraction of sp³-hybridized carbons (Fsp3) is 0.217. The maximum Gasteiger partial charge on any atom is 0.262 e. The molecule has 5 nitrogen and oxygen atoms in total. The molecule has 2 N–H and O–H groups in total. The van der Waals surface area contributed by atoms with Crippen molar-refractivity contribution in [3.05, 3.63) is 73.5 Å². The van der Waals surface area contributed by atoms with Crippen LogP contribution in [0.5, 0.6) is 5.75 Å². The number of carbonyl (C=O) groups excluding carboxylic acids is 2. The predicted molar refractivity (Wildman–Crippen MR) is 131 cm³/mol. The van der Waals surface area contributed by atoms with Crippen LogP contribution >= 0.6 is 46.1 Å². The highest BCUT2D eigenvalue weighted by atomic mass is 35.5. The number of ether oxygens (including phenoxy) is 1. The van der Waals surface area contributed by atoms with Gasteiger partial charge in [0.2, 0.25) is 0 Å². The van der Waals surface area contributed by atoms with Crippen molar-refractivity contribution in [2.75, 3.05) is 17.2 Å². The zero-order valence-electron chi connectivity index (χ0n) is 16.8. The Morgan fingerprint density at radius 1 is 0.938 bits per heavy atom. The Kier molecular flexibility index (Phi) is 7.26. The van der Waals surface area contributed by atoms with Crippen LogP contribution in [-0.2, 0) is 17.6 Å². The lowest BCUT2D eigenvalue weighted by Gasteiger charge is -2.13. The molecule has 0 aliphatic heterocycles. The Morgan fingerprint density at radius 3 is 2.41 bits per heavy atom. The molecule has 0 fully saturated rings. The van der Waals surface area contributed by atoms with E-state index in [9.17, 15) is 9.59 Å². The summed E-state index contributed by atoms with van der Waals surface area (Å²) < 4.78 is 5.52. The third kappa shape index (κ3) is 5.38. The minimum atomic E-state index is -0.379. The van der Waals surface area contributed by atoms with Crippen molar-refractivity contribution in [1.82, 2.24) is 0 Å². The molecule has 32 heavy (non-hydrogen) atoms. The van der Waals surface area contributed by atoms with Gasteiger partial charge in [0.05, 0.1) is 10.6 Å². The van der Waals surface area contributed by atoms with Crippen LogP contribution in [0.2, 0.25) is 15.1 Å². The van der Waals surface area contributed by atoms with Crippen LogP contribution in [0.1, 0.15) is 33.6 Å². The highest BCUT2D eigenvalue weighted by Gasteiger charge is 2.26. The van der Waals surface area contributed by atoms with Gasteiger partial charge < -0.3 is 15.4 Å². The van der Waals surface area contributed by atoms with E-state index in [4.69, 9.17) is 39.5 Å². The number of anilines is 2. The third-order valence-electron chi connectivity index (χ3n) is 5.01. The first-order valence-corrected chi connectivity index (χ1v) is 11.9. The fourth-order valence-electron chi connectivity index (χ4n) is 3.52. The smallest absolute Gasteiger partial charge is 0.262 e. The van der Waals surface area contributed by atoms with Crippen molar-refractivity contribution in [1.29, 1.82) is 0 Å². The van der Waals surface area contributed by atoms with E-state index >= 15 is 0 Å². The molecule has 2 aromatic carbocycles. The lowest BCUT2D eigenvalue weighted by Crippen LogP contribution is -2.22. The summed E-state index contributed by atoms with van der Waals surface area (Å²) >= 11 is 19.4. The highest BCUT2D eigenvalue weighted by molar-refractivity contribution is 7.17. The van der Waals surface area contributed by atoms with Gasteiger partial charge in [0.15, 0.2) is 6.61 Å². The number of halogens is 3. The minimum absolute atomic E-state index is 0.248. The summed E-state index contributed by atoms with van der Waals surface area (Å²) in [5, 5.41) is 7.66. The Bertz CT molecular complexity index is 1160. The van der Waals surface area contributed by atoms with Crippen LogP contribution in [0, 0.1) is 0 Å². The van der Waals surface area contributed by atoms with Gasteiger partial charge in [-0.05, 0) is 73.7 Å². The number of thiophene rings is 1. The van der Waals surface area contributed by atoms with Crippen LogP contribution in [0.3, 0.4) is 0 Å². The van der Waals surface area contributed by atoms with Gasteiger partial charge in [-0.15, -0.1) is 11.3 Å². The first-order valence-electron chi connectivity index (χ1n) is 10.00. The molecule has 4 rings (SSSR count). The normalized spacial score (nSPS) is 12.7. The number of fused-ring (bicyclic) bond motifs is 1. The lowest BCUT2D eigenvalue weighted by molar-refractivity contribution is -0.118. The van der Waals surface area contributed by atoms with Crippen molar-refractivity contribution in [2.45, 2.75) is 25.7 Å². The van der Waals surface area contributed by atoms with E-state index in [0.29, 0.717) is 37.1 Å². The molecule has 0 bridgehead atoms. The number of carbonyl (C=O) groups is 2. The summed E-state index contributed by atoms with van der Waals surface area (Å²) in [7, 11) is 0. The monoisotopic (exact) mass is 508 g/mol. The molecule has 166 valence electrons. The number of hydrogen-bond acceptors (Lipinski definition) is 4. The summed E-state index contributed by atoms with van der Waals surface area (Å²) in [5.41, 5.74) is 2.15. The number of nitrogens with one attached hydrogen (secondary N) is 2. The molecule has 0 unspecified atom stereocenters. The van der Waals surface area contributed by atoms with Gasteiger partial charge in [-0.3, -0.25) is 9.59 Å². The minimum Gasteiger partial charge on any atom is -0.482 e. The van der Waals surface area contributed by atoms with Gasteiger partial charge in [-0.1, -0.05) is 34.8 Å². The lowest BCUT2D eigenvalue weighted by atomic mass is 9.95. The van der Waals surface area contributed by atoms with Crippen LogP contribution in [0.15, 0.2) is 42.5 Å². The SMILES string of the molecule is O=C(COc1ccc(Cl)cc1Cl)Nc1sc2c(c1C(=O)Nc1ccc(Cl)cc1)CCCC2. The Balaban J connectivity index is 1.51. The first-order chi connectivity index (χ1) is 15.4. The Hall–Kier alpha value is -2.25. The molecule has 0 radical (unpaired) electrons. The second-order valence-electron chi connectivity index (χ2n) is 7.29. The summed E-state index contributed by atoms with van der Waals surface area (Å²) in [4.78, 5) is 26.9. The Labute approximate surface area is 204 Å². The summed E-state index contributed by atoms with van der Waals surface area (Å²) in [6.07, 6.45) is 3.78. The quantitative estimate of drug-likeness (QED) is 0.381. The summed E-state index contributed by atoms with van der Waals surface area (Å²) in [6.45, 7) is -0.248. The molecule has 3 aromatic rings. The standard InChI is InChI=1S/C23H19Cl3N2O3S/c24-13-5-8-15(9-6-13)27-22(30)21-16-3-1-2-4-19(16)32-23(21)28-20(29)12-31-18-10-7-14(25)11-17(18)26/h5-11H,1-4,12H2,(H,27,30)(H,28,29). The predicted octanol–water partition coefficient (Wildman–Crippen LogP) is 6.86. The summed E-state index contributed by atoms with van der Waals surface area (Å²) in [6, 6.07) is 11.7. The van der Waals surface area contributed by atoms with Crippen LogP contribution in [0.25, 0.3) is 0 Å². The van der Waals surface area contributed by atoms with Crippen LogP contribution in [0.4, 0.5) is 10.7 Å². The van der Waals surface area contributed by atoms with Crippen molar-refractivity contribution >= 4 is 68.6 Å². The molecule has 0 saturated carbocycles. The first kappa shape index (κ1) is 22.9. The van der Waals surface area contributed by atoms with Gasteiger partial charge in [0.1, 0.15) is 10.8 Å². The van der Waals surface area contributed by atoms with E-state index < -0.39 is 0 Å². The molecule has 0 saturated heterocycles. The molecule has 0 spiro atoms. The molecule has 1 aromatic heterocycles. The van der Waals surface area contributed by atoms with Gasteiger partial charge >= 0.3 is 0 Å². The molecular formula is C23H19Cl3N2O3S. The molecule has 9 heteroatoms. The molecular weight excluding hydrogens is 491 g/mol. The van der Waals surface area contributed by atoms with E-state index in [-0.39, 0.29) is 18.4 Å². The van der Waals surface area contributed by atoms with E-state index in [0.717, 1.165) is 36.1 Å². The number of aryl methyl sites for hydroxylation is 1. The van der Waals surface area contributed by atoms with E-state index in [1.165, 1.54) is 11.3 Å². The van der Waals surface area contributed by atoms with Crippen molar-refractivity contribution in [3.8, 4) is 5.75 Å². The zero-order valence-corrected chi connectivity index (χ0v) is 19.9. The number of benzene rings is 2. The number of hydrogen-bond donors (Lipinski definition) is 2. The van der Waals surface area contributed by atoms with Crippen molar-refractivity contribution in [2.24, 2.45) is 0 Å². The number of amides is 2. The number of rotatable bonds is 6. The van der Waals surface area contributed by atoms with Crippen molar-refractivity contribution < 1.29 is 14.3 Å². The molecule has 1 heterocycles. The Morgan fingerprint density at radius 2 is 1.66 bits per heavy atom. The average Bonchev–Trinajstić information content (AvgIpc) is 3.12. The second-order valence-corrected chi connectivity index (χ2v) is 9.67. The molecule has 2 amide bonds. The van der Waals surface area contributed by atoms with Crippen LogP contribution in [-0.4, -0.2) is 18.4 Å². The van der Waals surface area contributed by atoms with Crippen LogP contribution < -0.4 is 15.4 Å². The second kappa shape index (κ2) is 10.1. The molecule has 1 aliphatic rings. The highest BCUT2D eigenvalue weighted by Crippen LogP contribution is 2.38. The zero-order chi connectivity index (χ0) is 22.7.